The number of halogens is 1. The minimum absolute atomic E-state index is 0.211. The van der Waals surface area contributed by atoms with E-state index in [1.54, 1.807) is 6.07 Å². The van der Waals surface area contributed by atoms with Crippen LogP contribution in [0.4, 0.5) is 10.1 Å². The zero-order valence-electron chi connectivity index (χ0n) is 11.6. The van der Waals surface area contributed by atoms with Crippen LogP contribution in [0.15, 0.2) is 18.2 Å². The lowest BCUT2D eigenvalue weighted by Gasteiger charge is -2.20. The van der Waals surface area contributed by atoms with Crippen molar-refractivity contribution < 1.29 is 4.39 Å². The van der Waals surface area contributed by atoms with Crippen molar-refractivity contribution in [3.05, 3.63) is 29.6 Å². The number of nitrogens with two attached hydrogens (primary N) is 1. The van der Waals surface area contributed by atoms with Crippen molar-refractivity contribution in [2.45, 2.75) is 20.3 Å². The first-order valence-corrected chi connectivity index (χ1v) is 7.04. The van der Waals surface area contributed by atoms with Gasteiger partial charge in [0.2, 0.25) is 0 Å². The molecule has 1 aromatic carbocycles. The average molecular weight is 283 g/mol. The molecular weight excluding hydrogens is 261 g/mol. The Morgan fingerprint density at radius 1 is 1.37 bits per heavy atom. The number of benzene rings is 1. The molecule has 3 N–H and O–H groups in total. The summed E-state index contributed by atoms with van der Waals surface area (Å²) in [5.74, 6) is -0.325. The van der Waals surface area contributed by atoms with Gasteiger partial charge in [-0.1, -0.05) is 26.1 Å². The first-order valence-electron chi connectivity index (χ1n) is 6.64. The van der Waals surface area contributed by atoms with Gasteiger partial charge < -0.3 is 16.0 Å². The third kappa shape index (κ3) is 5.12. The molecule has 0 saturated heterocycles. The highest BCUT2D eigenvalue weighted by atomic mass is 32.1. The maximum Gasteiger partial charge on any atom is 0.124 e. The van der Waals surface area contributed by atoms with Crippen molar-refractivity contribution >= 4 is 22.9 Å². The molecule has 0 spiro atoms. The van der Waals surface area contributed by atoms with Crippen LogP contribution in [0.25, 0.3) is 0 Å². The van der Waals surface area contributed by atoms with Crippen LogP contribution in [-0.2, 0) is 0 Å². The van der Waals surface area contributed by atoms with Gasteiger partial charge in [0.25, 0.3) is 0 Å². The molecule has 0 heterocycles. The minimum Gasteiger partial charge on any atom is -0.389 e. The van der Waals surface area contributed by atoms with Crippen molar-refractivity contribution in [3.63, 3.8) is 0 Å². The van der Waals surface area contributed by atoms with E-state index in [4.69, 9.17) is 18.0 Å². The second kappa shape index (κ2) is 8.07. The van der Waals surface area contributed by atoms with Gasteiger partial charge in [0, 0.05) is 24.3 Å². The Hall–Kier alpha value is -1.20. The van der Waals surface area contributed by atoms with E-state index in [1.165, 1.54) is 12.1 Å². The highest BCUT2D eigenvalue weighted by molar-refractivity contribution is 7.80. The zero-order chi connectivity index (χ0) is 14.3. The predicted octanol–water partition coefficient (Wildman–Crippen LogP) is 2.60. The van der Waals surface area contributed by atoms with Crippen LogP contribution in [0.2, 0.25) is 0 Å². The summed E-state index contributed by atoms with van der Waals surface area (Å²) in [6.45, 7) is 8.16. The quantitative estimate of drug-likeness (QED) is 0.720. The van der Waals surface area contributed by atoms with E-state index >= 15 is 0 Å². The lowest BCUT2D eigenvalue weighted by molar-refractivity contribution is 0.300. The van der Waals surface area contributed by atoms with Gasteiger partial charge in [-0.05, 0) is 37.7 Å². The second-order valence-corrected chi connectivity index (χ2v) is 4.86. The number of likely N-dealkylation sites (N-methyl/N-ethyl adjacent to an activating group) is 1. The van der Waals surface area contributed by atoms with Gasteiger partial charge in [0.05, 0.1) is 0 Å². The topological polar surface area (TPSA) is 41.3 Å². The van der Waals surface area contributed by atoms with E-state index in [0.29, 0.717) is 5.56 Å². The third-order valence-electron chi connectivity index (χ3n) is 2.98. The molecule has 106 valence electrons. The number of hydrogen-bond acceptors (Lipinski definition) is 3. The van der Waals surface area contributed by atoms with Crippen molar-refractivity contribution in [3.8, 4) is 0 Å². The molecule has 0 saturated carbocycles. The van der Waals surface area contributed by atoms with Crippen LogP contribution < -0.4 is 11.1 Å². The fourth-order valence-electron chi connectivity index (χ4n) is 1.97. The van der Waals surface area contributed by atoms with E-state index < -0.39 is 0 Å². The fourth-order valence-corrected chi connectivity index (χ4v) is 2.14. The van der Waals surface area contributed by atoms with Gasteiger partial charge in [-0.2, -0.15) is 0 Å². The largest absolute Gasteiger partial charge is 0.389 e. The highest BCUT2D eigenvalue weighted by Crippen LogP contribution is 2.16. The van der Waals surface area contributed by atoms with Gasteiger partial charge in [0.15, 0.2) is 0 Å². The Morgan fingerprint density at radius 3 is 2.68 bits per heavy atom. The van der Waals surface area contributed by atoms with E-state index in [2.05, 4.69) is 24.1 Å². The van der Waals surface area contributed by atoms with Crippen molar-refractivity contribution in [2.24, 2.45) is 5.73 Å². The maximum absolute atomic E-state index is 13.2. The number of hydrogen-bond donors (Lipinski definition) is 2. The van der Waals surface area contributed by atoms with Gasteiger partial charge in [-0.25, -0.2) is 4.39 Å². The molecule has 0 radical (unpaired) electrons. The zero-order valence-corrected chi connectivity index (χ0v) is 12.4. The molecule has 0 atom stereocenters. The van der Waals surface area contributed by atoms with Crippen LogP contribution in [0.5, 0.6) is 0 Å². The molecule has 0 aliphatic heterocycles. The molecule has 0 aromatic heterocycles. The van der Waals surface area contributed by atoms with Crippen molar-refractivity contribution in [2.75, 3.05) is 31.5 Å². The Balaban J connectivity index is 2.60. The SMILES string of the molecule is CCCN(CC)CCNc1ccc(F)cc1C(N)=S. The molecule has 0 amide bonds. The van der Waals surface area contributed by atoms with Crippen molar-refractivity contribution in [1.29, 1.82) is 0 Å². The van der Waals surface area contributed by atoms with Crippen LogP contribution in [0, 0.1) is 5.82 Å². The third-order valence-corrected chi connectivity index (χ3v) is 3.20. The van der Waals surface area contributed by atoms with Gasteiger partial charge in [-0.3, -0.25) is 0 Å². The summed E-state index contributed by atoms with van der Waals surface area (Å²) in [7, 11) is 0. The highest BCUT2D eigenvalue weighted by Gasteiger charge is 2.07. The standard InChI is InChI=1S/C14H22FN3S/c1-3-8-18(4-2)9-7-17-13-6-5-11(15)10-12(13)14(16)19/h5-6,10,17H,3-4,7-9H2,1-2H3,(H2,16,19). The van der Waals surface area contributed by atoms with Crippen LogP contribution in [-0.4, -0.2) is 36.1 Å². The fraction of sp³-hybridized carbons (Fsp3) is 0.500. The van der Waals surface area contributed by atoms with Crippen molar-refractivity contribution in [1.82, 2.24) is 4.90 Å². The van der Waals surface area contributed by atoms with E-state index in [1.807, 2.05) is 0 Å². The lowest BCUT2D eigenvalue weighted by Crippen LogP contribution is -2.30. The molecule has 0 aliphatic rings. The Bertz CT molecular complexity index is 423. The van der Waals surface area contributed by atoms with Crippen LogP contribution >= 0.6 is 12.2 Å². The molecule has 19 heavy (non-hydrogen) atoms. The number of nitrogens with zero attached hydrogens (tertiary/aromatic N) is 1. The molecule has 0 aliphatic carbocycles. The summed E-state index contributed by atoms with van der Waals surface area (Å²) in [6.07, 6.45) is 1.14. The molecule has 5 heteroatoms. The molecule has 1 rings (SSSR count). The number of thiocarbonyl (C=S) groups is 1. The summed E-state index contributed by atoms with van der Waals surface area (Å²) in [5, 5.41) is 3.27. The molecule has 3 nitrogen and oxygen atoms in total. The number of rotatable bonds is 8. The normalized spacial score (nSPS) is 10.7. The van der Waals surface area contributed by atoms with Gasteiger partial charge in [-0.15, -0.1) is 0 Å². The first kappa shape index (κ1) is 15.9. The first-order chi connectivity index (χ1) is 9.08. The summed E-state index contributed by atoms with van der Waals surface area (Å²) in [5.41, 5.74) is 6.96. The lowest BCUT2D eigenvalue weighted by atomic mass is 10.1. The Morgan fingerprint density at radius 2 is 2.11 bits per heavy atom. The average Bonchev–Trinajstić information content (AvgIpc) is 2.39. The van der Waals surface area contributed by atoms with Crippen LogP contribution in [0.1, 0.15) is 25.8 Å². The molecule has 0 bridgehead atoms. The number of anilines is 1. The molecule has 0 fully saturated rings. The van der Waals surface area contributed by atoms with E-state index in [-0.39, 0.29) is 10.8 Å². The van der Waals surface area contributed by atoms with Crippen LogP contribution in [0.3, 0.4) is 0 Å². The van der Waals surface area contributed by atoms with Gasteiger partial charge in [0.1, 0.15) is 10.8 Å². The van der Waals surface area contributed by atoms with E-state index in [9.17, 15) is 4.39 Å². The maximum atomic E-state index is 13.2. The summed E-state index contributed by atoms with van der Waals surface area (Å²) >= 11 is 4.94. The number of nitrogens with one attached hydrogen (secondary N) is 1. The Kier molecular flexibility index (Phi) is 6.73. The molecular formula is C14H22FN3S. The smallest absolute Gasteiger partial charge is 0.124 e. The summed E-state index contributed by atoms with van der Waals surface area (Å²) in [6, 6.07) is 4.46. The Labute approximate surface area is 120 Å². The second-order valence-electron chi connectivity index (χ2n) is 4.42. The summed E-state index contributed by atoms with van der Waals surface area (Å²) in [4.78, 5) is 2.57. The molecule has 0 unspecified atom stereocenters. The van der Waals surface area contributed by atoms with Gasteiger partial charge >= 0.3 is 0 Å². The minimum atomic E-state index is -0.325. The molecule has 1 aromatic rings. The summed E-state index contributed by atoms with van der Waals surface area (Å²) < 4.78 is 13.2. The monoisotopic (exact) mass is 283 g/mol. The predicted molar refractivity (Wildman–Crippen MR) is 83.2 cm³/mol. The van der Waals surface area contributed by atoms with E-state index in [0.717, 1.165) is 38.3 Å².